The summed E-state index contributed by atoms with van der Waals surface area (Å²) < 4.78 is 26.3. The summed E-state index contributed by atoms with van der Waals surface area (Å²) >= 11 is 0. The third-order valence-corrected chi connectivity index (χ3v) is 3.10. The standard InChI is InChI=1S/C7H14O4S/c1-4-7(8)11-5-6(2)12(3,9)10/h6H,4-5H2,1-3H3. The molecule has 4 nitrogen and oxygen atoms in total. The number of rotatable bonds is 4. The Labute approximate surface area is 72.8 Å². The van der Waals surface area contributed by atoms with Crippen molar-refractivity contribution >= 4 is 15.8 Å². The van der Waals surface area contributed by atoms with Crippen molar-refractivity contribution in [3.05, 3.63) is 0 Å². The van der Waals surface area contributed by atoms with Crippen LogP contribution in [-0.4, -0.2) is 32.5 Å². The van der Waals surface area contributed by atoms with E-state index in [4.69, 9.17) is 0 Å². The molecule has 0 heterocycles. The molecule has 12 heavy (non-hydrogen) atoms. The Morgan fingerprint density at radius 1 is 1.50 bits per heavy atom. The highest BCUT2D eigenvalue weighted by Crippen LogP contribution is 1.99. The van der Waals surface area contributed by atoms with E-state index in [0.29, 0.717) is 0 Å². The summed E-state index contributed by atoms with van der Waals surface area (Å²) in [4.78, 5) is 10.6. The maximum atomic E-state index is 10.8. The van der Waals surface area contributed by atoms with Crippen molar-refractivity contribution in [1.29, 1.82) is 0 Å². The highest BCUT2D eigenvalue weighted by Gasteiger charge is 2.16. The van der Waals surface area contributed by atoms with E-state index in [1.165, 1.54) is 6.92 Å². The third-order valence-electron chi connectivity index (χ3n) is 1.50. The van der Waals surface area contributed by atoms with Crippen molar-refractivity contribution in [2.24, 2.45) is 0 Å². The Morgan fingerprint density at radius 2 is 2.00 bits per heavy atom. The van der Waals surface area contributed by atoms with E-state index in [-0.39, 0.29) is 19.0 Å². The van der Waals surface area contributed by atoms with Crippen LogP contribution in [0.4, 0.5) is 0 Å². The number of hydrogen-bond acceptors (Lipinski definition) is 4. The van der Waals surface area contributed by atoms with Gasteiger partial charge in [0, 0.05) is 12.7 Å². The average Bonchev–Trinajstić information content (AvgIpc) is 1.97. The lowest BCUT2D eigenvalue weighted by atomic mass is 10.5. The smallest absolute Gasteiger partial charge is 0.305 e. The maximum Gasteiger partial charge on any atom is 0.305 e. The Morgan fingerprint density at radius 3 is 2.33 bits per heavy atom. The molecule has 0 spiro atoms. The summed E-state index contributed by atoms with van der Waals surface area (Å²) in [5.74, 6) is -0.370. The molecular weight excluding hydrogens is 180 g/mol. The molecule has 0 bridgehead atoms. The first-order chi connectivity index (χ1) is 5.38. The van der Waals surface area contributed by atoms with Gasteiger partial charge in [0.1, 0.15) is 6.61 Å². The van der Waals surface area contributed by atoms with E-state index in [0.717, 1.165) is 6.26 Å². The van der Waals surface area contributed by atoms with Crippen molar-refractivity contribution in [2.45, 2.75) is 25.5 Å². The zero-order valence-corrected chi connectivity index (χ0v) is 8.35. The van der Waals surface area contributed by atoms with E-state index in [1.54, 1.807) is 6.92 Å². The van der Waals surface area contributed by atoms with Crippen LogP contribution in [0.5, 0.6) is 0 Å². The van der Waals surface area contributed by atoms with Crippen LogP contribution in [0.3, 0.4) is 0 Å². The minimum Gasteiger partial charge on any atom is -0.464 e. The molecule has 0 radical (unpaired) electrons. The molecular formula is C7H14O4S. The van der Waals surface area contributed by atoms with Crippen LogP contribution in [0.2, 0.25) is 0 Å². The molecule has 0 N–H and O–H groups in total. The fourth-order valence-electron chi connectivity index (χ4n) is 0.436. The lowest BCUT2D eigenvalue weighted by Crippen LogP contribution is -2.23. The quantitative estimate of drug-likeness (QED) is 0.607. The average molecular weight is 194 g/mol. The van der Waals surface area contributed by atoms with Gasteiger partial charge in [0.25, 0.3) is 0 Å². The molecule has 0 fully saturated rings. The van der Waals surface area contributed by atoms with Crippen molar-refractivity contribution in [1.82, 2.24) is 0 Å². The molecule has 0 saturated carbocycles. The van der Waals surface area contributed by atoms with Gasteiger partial charge < -0.3 is 4.74 Å². The van der Waals surface area contributed by atoms with Crippen molar-refractivity contribution in [3.8, 4) is 0 Å². The topological polar surface area (TPSA) is 60.4 Å². The van der Waals surface area contributed by atoms with Crippen molar-refractivity contribution in [3.63, 3.8) is 0 Å². The second-order valence-electron chi connectivity index (χ2n) is 2.68. The molecule has 0 aliphatic rings. The molecule has 1 atom stereocenters. The van der Waals surface area contributed by atoms with Crippen LogP contribution in [0.25, 0.3) is 0 Å². The van der Waals surface area contributed by atoms with Gasteiger partial charge in [-0.05, 0) is 6.92 Å². The Balaban J connectivity index is 3.88. The van der Waals surface area contributed by atoms with Crippen LogP contribution in [0.1, 0.15) is 20.3 Å². The maximum absolute atomic E-state index is 10.8. The molecule has 1 unspecified atom stereocenters. The molecule has 0 aromatic rings. The van der Waals surface area contributed by atoms with Gasteiger partial charge in [0.05, 0.1) is 5.25 Å². The Kier molecular flexibility index (Phi) is 4.23. The minimum atomic E-state index is -3.08. The fourth-order valence-corrected chi connectivity index (χ4v) is 0.751. The Bertz CT molecular complexity index is 242. The molecule has 0 aromatic heterocycles. The van der Waals surface area contributed by atoms with Gasteiger partial charge in [-0.3, -0.25) is 4.79 Å². The molecule has 0 rings (SSSR count). The van der Waals surface area contributed by atoms with Gasteiger partial charge >= 0.3 is 5.97 Å². The molecule has 0 aliphatic carbocycles. The first-order valence-electron chi connectivity index (χ1n) is 3.72. The summed E-state index contributed by atoms with van der Waals surface area (Å²) in [6.45, 7) is 3.12. The van der Waals surface area contributed by atoms with Crippen LogP contribution in [0.15, 0.2) is 0 Å². The second-order valence-corrected chi connectivity index (χ2v) is 5.14. The SMILES string of the molecule is CCC(=O)OCC(C)S(C)(=O)=O. The van der Waals surface area contributed by atoms with Gasteiger partial charge in [-0.1, -0.05) is 6.92 Å². The number of sulfone groups is 1. The lowest BCUT2D eigenvalue weighted by Gasteiger charge is -2.08. The summed E-state index contributed by atoms with van der Waals surface area (Å²) in [5.41, 5.74) is 0. The zero-order valence-electron chi connectivity index (χ0n) is 7.53. The summed E-state index contributed by atoms with van der Waals surface area (Å²) in [7, 11) is -3.08. The number of carbonyl (C=O) groups is 1. The normalized spacial score (nSPS) is 13.9. The predicted molar refractivity (Wildman–Crippen MR) is 45.6 cm³/mol. The van der Waals surface area contributed by atoms with Crippen LogP contribution in [0, 0.1) is 0 Å². The Hall–Kier alpha value is -0.580. The largest absolute Gasteiger partial charge is 0.464 e. The molecule has 0 amide bonds. The molecule has 5 heteroatoms. The van der Waals surface area contributed by atoms with Gasteiger partial charge in [-0.2, -0.15) is 0 Å². The first-order valence-corrected chi connectivity index (χ1v) is 5.68. The summed E-state index contributed by atoms with van der Waals surface area (Å²) in [6.07, 6.45) is 1.40. The molecule has 72 valence electrons. The van der Waals surface area contributed by atoms with Crippen molar-refractivity contribution < 1.29 is 17.9 Å². The van der Waals surface area contributed by atoms with Gasteiger partial charge in [0.2, 0.25) is 0 Å². The predicted octanol–water partition coefficient (Wildman–Crippen LogP) is 0.373. The van der Waals surface area contributed by atoms with E-state index >= 15 is 0 Å². The molecule has 0 aliphatic heterocycles. The van der Waals surface area contributed by atoms with E-state index in [9.17, 15) is 13.2 Å². The van der Waals surface area contributed by atoms with Crippen molar-refractivity contribution in [2.75, 3.05) is 12.9 Å². The lowest BCUT2D eigenvalue weighted by molar-refractivity contribution is -0.143. The summed E-state index contributed by atoms with van der Waals surface area (Å²) in [6, 6.07) is 0. The van der Waals surface area contributed by atoms with Gasteiger partial charge in [-0.15, -0.1) is 0 Å². The zero-order chi connectivity index (χ0) is 9.78. The molecule has 0 aromatic carbocycles. The second kappa shape index (κ2) is 4.45. The minimum absolute atomic E-state index is 0.0501. The highest BCUT2D eigenvalue weighted by molar-refractivity contribution is 7.91. The number of carbonyl (C=O) groups excluding carboxylic acids is 1. The van der Waals surface area contributed by atoms with E-state index in [2.05, 4.69) is 4.74 Å². The monoisotopic (exact) mass is 194 g/mol. The number of hydrogen-bond donors (Lipinski definition) is 0. The number of ether oxygens (including phenoxy) is 1. The van der Waals surface area contributed by atoms with Gasteiger partial charge in [0.15, 0.2) is 9.84 Å². The third kappa shape index (κ3) is 4.33. The number of esters is 1. The van der Waals surface area contributed by atoms with E-state index in [1.807, 2.05) is 0 Å². The van der Waals surface area contributed by atoms with E-state index < -0.39 is 15.1 Å². The highest BCUT2D eigenvalue weighted by atomic mass is 32.2. The van der Waals surface area contributed by atoms with Crippen LogP contribution in [-0.2, 0) is 19.4 Å². The fraction of sp³-hybridized carbons (Fsp3) is 0.857. The van der Waals surface area contributed by atoms with Crippen LogP contribution >= 0.6 is 0 Å². The summed E-state index contributed by atoms with van der Waals surface area (Å²) in [5, 5.41) is -0.618. The first kappa shape index (κ1) is 11.4. The van der Waals surface area contributed by atoms with Gasteiger partial charge in [-0.25, -0.2) is 8.42 Å². The molecule has 0 saturated heterocycles. The van der Waals surface area contributed by atoms with Crippen LogP contribution < -0.4 is 0 Å².